The molecular weight excluding hydrogens is 909 g/mol. The maximum Gasteiger partial charge on any atom is 0.131 e. The first-order chi connectivity index (χ1) is 37.1. The fraction of sp³-hybridized carbons (Fsp3) is 0.0282. The highest BCUT2D eigenvalue weighted by Gasteiger charge is 2.48. The van der Waals surface area contributed by atoms with Gasteiger partial charge in [0.1, 0.15) is 5.84 Å². The molecule has 0 bridgehead atoms. The molecule has 12 aromatic rings. The minimum atomic E-state index is -0.669. The van der Waals surface area contributed by atoms with Crippen molar-refractivity contribution in [1.82, 2.24) is 9.13 Å². The minimum absolute atomic E-state index is 0.465. The highest BCUT2D eigenvalue weighted by molar-refractivity contribution is 6.22. The van der Waals surface area contributed by atoms with Crippen molar-refractivity contribution in [2.75, 3.05) is 0 Å². The van der Waals surface area contributed by atoms with Crippen LogP contribution in [-0.4, -0.2) is 15.0 Å². The van der Waals surface area contributed by atoms with Crippen LogP contribution in [0.15, 0.2) is 273 Å². The Morgan fingerprint density at radius 3 is 1.81 bits per heavy atom. The van der Waals surface area contributed by atoms with Gasteiger partial charge in [-0.15, -0.1) is 0 Å². The Bertz CT molecular complexity index is 4180. The third kappa shape index (κ3) is 7.33. The Hall–Kier alpha value is -9.77. The van der Waals surface area contributed by atoms with Crippen LogP contribution in [0.2, 0.25) is 0 Å². The molecule has 0 atom stereocenters. The van der Waals surface area contributed by atoms with Crippen LogP contribution >= 0.6 is 0 Å². The van der Waals surface area contributed by atoms with Crippen molar-refractivity contribution in [3.05, 3.63) is 318 Å². The summed E-state index contributed by atoms with van der Waals surface area (Å²) in [6.45, 7) is 8.69. The first-order valence-electron chi connectivity index (χ1n) is 25.6. The van der Waals surface area contributed by atoms with Crippen LogP contribution in [-0.2, 0) is 11.8 Å². The summed E-state index contributed by atoms with van der Waals surface area (Å²) in [4.78, 5) is 5.22. The second-order valence-corrected chi connectivity index (χ2v) is 19.3. The normalized spacial score (nSPS) is 13.0. The van der Waals surface area contributed by atoms with E-state index in [-0.39, 0.29) is 0 Å². The summed E-state index contributed by atoms with van der Waals surface area (Å²) in [6.07, 6.45) is 6.82. The van der Waals surface area contributed by atoms with Gasteiger partial charge in [0.2, 0.25) is 0 Å². The Labute approximate surface area is 437 Å². The monoisotopic (exact) mass is 960 g/mol. The molecule has 0 radical (unpaired) electrons. The number of amidine groups is 1. The summed E-state index contributed by atoms with van der Waals surface area (Å²) in [5.74, 6) is 0.465. The molecule has 356 valence electrons. The van der Waals surface area contributed by atoms with Crippen LogP contribution in [0.3, 0.4) is 0 Å². The third-order valence-corrected chi connectivity index (χ3v) is 15.2. The van der Waals surface area contributed by atoms with Crippen molar-refractivity contribution in [2.24, 2.45) is 10.7 Å². The van der Waals surface area contributed by atoms with Gasteiger partial charge in [-0.25, -0.2) is 4.99 Å². The lowest BCUT2D eigenvalue weighted by Crippen LogP contribution is -2.28. The molecule has 2 heterocycles. The molecule has 1 aliphatic rings. The number of benzene rings is 10. The Balaban J connectivity index is 1.15. The smallest absolute Gasteiger partial charge is 0.131 e. The predicted molar refractivity (Wildman–Crippen MR) is 316 cm³/mol. The van der Waals surface area contributed by atoms with Gasteiger partial charge in [-0.05, 0) is 106 Å². The van der Waals surface area contributed by atoms with E-state index in [4.69, 9.17) is 10.7 Å². The van der Waals surface area contributed by atoms with Gasteiger partial charge in [-0.3, -0.25) is 0 Å². The number of hydrogen-bond donors (Lipinski definition) is 1. The summed E-state index contributed by atoms with van der Waals surface area (Å²) in [5, 5.41) is 3.43. The standard InChI is InChI=1S/C71H52N4/c1-3-56-60-46-55(42-44-66(60)74(64(56)4-2)54-35-18-9-19-36-54)75-65-40-23-21-38-58(65)67-59(50-29-24-30-51(45-50)63(43-41-48-25-10-5-11-26-48)73-70(72)49-27-12-6-13-28-49)47-62-68(69(67)75)57-37-20-22-39-61(57)71(62,52-31-14-7-15-32-52)53-33-16-8-17-34-53/h3-40,42-47H,1-2,41H2,(H2,72,73)/b63-43-. The Kier molecular flexibility index (Phi) is 11.2. The molecule has 0 saturated carbocycles. The van der Waals surface area contributed by atoms with E-state index in [1.54, 1.807) is 0 Å². The lowest BCUT2D eigenvalue weighted by molar-refractivity contribution is 0.769. The molecule has 4 nitrogen and oxygen atoms in total. The van der Waals surface area contributed by atoms with Gasteiger partial charge in [0.05, 0.1) is 33.4 Å². The number of para-hydroxylation sites is 2. The van der Waals surface area contributed by atoms with Gasteiger partial charge < -0.3 is 14.9 Å². The van der Waals surface area contributed by atoms with E-state index < -0.39 is 5.41 Å². The second kappa shape index (κ2) is 18.7. The summed E-state index contributed by atoms with van der Waals surface area (Å²) >= 11 is 0. The molecule has 0 saturated heterocycles. The number of allylic oxidation sites excluding steroid dienone is 1. The van der Waals surface area contributed by atoms with Crippen molar-refractivity contribution >= 4 is 56.4 Å². The second-order valence-electron chi connectivity index (χ2n) is 19.3. The van der Waals surface area contributed by atoms with E-state index in [0.717, 1.165) is 77.9 Å². The molecule has 13 rings (SSSR count). The average Bonchev–Trinajstić information content (AvgIpc) is 4.28. The summed E-state index contributed by atoms with van der Waals surface area (Å²) < 4.78 is 4.82. The minimum Gasteiger partial charge on any atom is -0.383 e. The SMILES string of the molecule is C=Cc1c(C=C)n(-c2ccccc2)c2ccc(-n3c4ccccc4c4c(-c5cccc(/C(=C/Cc6ccccc6)N=C(N)c6ccccc6)c5)cc5c(c43)-c3ccccc3C5(c3ccccc3)c3ccccc3)cc12. The molecule has 2 N–H and O–H groups in total. The number of rotatable bonds is 12. The van der Waals surface area contributed by atoms with Crippen LogP contribution in [0, 0.1) is 0 Å². The molecular formula is C71H52N4. The van der Waals surface area contributed by atoms with Gasteiger partial charge >= 0.3 is 0 Å². The molecule has 0 unspecified atom stereocenters. The summed E-state index contributed by atoms with van der Waals surface area (Å²) in [5.41, 5.74) is 27.1. The van der Waals surface area contributed by atoms with Crippen LogP contribution in [0.1, 0.15) is 50.2 Å². The topological polar surface area (TPSA) is 48.2 Å². The number of fused-ring (bicyclic) bond motifs is 8. The zero-order chi connectivity index (χ0) is 50.5. The number of hydrogen-bond acceptors (Lipinski definition) is 1. The van der Waals surface area contributed by atoms with E-state index in [9.17, 15) is 0 Å². The van der Waals surface area contributed by atoms with E-state index >= 15 is 0 Å². The summed E-state index contributed by atoms with van der Waals surface area (Å²) in [6, 6.07) is 89.5. The van der Waals surface area contributed by atoms with Crippen molar-refractivity contribution in [1.29, 1.82) is 0 Å². The van der Waals surface area contributed by atoms with Gasteiger partial charge in [0.25, 0.3) is 0 Å². The molecule has 10 aromatic carbocycles. The molecule has 0 aliphatic heterocycles. The lowest BCUT2D eigenvalue weighted by atomic mass is 9.67. The number of nitrogens with two attached hydrogens (primary N) is 1. The number of aromatic nitrogens is 2. The predicted octanol–water partition coefficient (Wildman–Crippen LogP) is 17.0. The molecule has 0 spiro atoms. The van der Waals surface area contributed by atoms with Crippen molar-refractivity contribution in [3.8, 4) is 33.6 Å². The zero-order valence-corrected chi connectivity index (χ0v) is 41.4. The van der Waals surface area contributed by atoms with E-state index in [1.165, 1.54) is 44.3 Å². The van der Waals surface area contributed by atoms with Crippen LogP contribution in [0.4, 0.5) is 0 Å². The highest BCUT2D eigenvalue weighted by Crippen LogP contribution is 2.60. The highest BCUT2D eigenvalue weighted by atomic mass is 15.0. The maximum atomic E-state index is 6.88. The average molecular weight is 961 g/mol. The molecule has 4 heteroatoms. The van der Waals surface area contributed by atoms with E-state index in [1.807, 2.05) is 42.5 Å². The Morgan fingerprint density at radius 2 is 1.11 bits per heavy atom. The Morgan fingerprint density at radius 1 is 0.493 bits per heavy atom. The van der Waals surface area contributed by atoms with Gasteiger partial charge in [0.15, 0.2) is 0 Å². The van der Waals surface area contributed by atoms with Crippen LogP contribution in [0.5, 0.6) is 0 Å². The first kappa shape index (κ1) is 45.1. The quantitative estimate of drug-likeness (QED) is 0.0962. The first-order valence-corrected chi connectivity index (χ1v) is 25.6. The molecule has 2 aromatic heterocycles. The van der Waals surface area contributed by atoms with Gasteiger partial charge in [-0.2, -0.15) is 0 Å². The van der Waals surface area contributed by atoms with E-state index in [0.29, 0.717) is 12.3 Å². The lowest BCUT2D eigenvalue weighted by Gasteiger charge is -2.34. The largest absolute Gasteiger partial charge is 0.383 e. The zero-order valence-electron chi connectivity index (χ0n) is 41.4. The third-order valence-electron chi connectivity index (χ3n) is 15.2. The fourth-order valence-corrected chi connectivity index (χ4v) is 12.0. The maximum absolute atomic E-state index is 6.88. The molecule has 0 fully saturated rings. The van der Waals surface area contributed by atoms with Gasteiger partial charge in [-0.1, -0.05) is 226 Å². The van der Waals surface area contributed by atoms with Crippen molar-refractivity contribution in [3.63, 3.8) is 0 Å². The molecule has 75 heavy (non-hydrogen) atoms. The molecule has 1 aliphatic carbocycles. The van der Waals surface area contributed by atoms with E-state index in [2.05, 4.69) is 247 Å². The summed E-state index contributed by atoms with van der Waals surface area (Å²) in [7, 11) is 0. The van der Waals surface area contributed by atoms with Crippen LogP contribution in [0.25, 0.3) is 84.2 Å². The van der Waals surface area contributed by atoms with Crippen molar-refractivity contribution < 1.29 is 0 Å². The number of aliphatic imine (C=N–C) groups is 1. The van der Waals surface area contributed by atoms with Gasteiger partial charge in [0, 0.05) is 49.8 Å². The molecule has 0 amide bonds. The van der Waals surface area contributed by atoms with Crippen molar-refractivity contribution in [2.45, 2.75) is 11.8 Å². The van der Waals surface area contributed by atoms with Crippen LogP contribution < -0.4 is 5.73 Å². The number of nitrogens with zero attached hydrogens (tertiary/aromatic N) is 3. The fourth-order valence-electron chi connectivity index (χ4n) is 12.0.